The molecule has 1 fully saturated rings. The van der Waals surface area contributed by atoms with Gasteiger partial charge in [0.05, 0.1) is 4.90 Å². The zero-order chi connectivity index (χ0) is 21.4. The molecule has 2 N–H and O–H groups in total. The van der Waals surface area contributed by atoms with Gasteiger partial charge in [-0.25, -0.2) is 22.4 Å². The summed E-state index contributed by atoms with van der Waals surface area (Å²) in [6.45, 7) is 2.99. The Hall–Kier alpha value is -2.82. The third kappa shape index (κ3) is 6.63. The molecule has 1 heterocycles. The molecule has 0 radical (unpaired) electrons. The van der Waals surface area contributed by atoms with E-state index < -0.39 is 22.0 Å². The summed E-state index contributed by atoms with van der Waals surface area (Å²) < 4.78 is 39.6. The molecule has 0 aliphatic carbocycles. The van der Waals surface area contributed by atoms with Gasteiger partial charge >= 0.3 is 11.9 Å². The molecule has 0 bridgehead atoms. The highest BCUT2D eigenvalue weighted by atomic mass is 32.2. The van der Waals surface area contributed by atoms with Gasteiger partial charge < -0.3 is 10.2 Å². The summed E-state index contributed by atoms with van der Waals surface area (Å²) in [5.74, 6) is -3.89. The van der Waals surface area contributed by atoms with Gasteiger partial charge in [0.2, 0.25) is 10.0 Å². The fourth-order valence-corrected chi connectivity index (χ4v) is 4.16. The monoisotopic (exact) mass is 424 g/mol. The maximum absolute atomic E-state index is 12.9. The number of halogens is 1. The van der Waals surface area contributed by atoms with E-state index in [0.717, 1.165) is 5.56 Å². The van der Waals surface area contributed by atoms with Crippen LogP contribution < -0.4 is 0 Å². The average Bonchev–Trinajstić information content (AvgIpc) is 2.71. The number of hydrogen-bond donors (Lipinski definition) is 2. The molecule has 0 saturated carbocycles. The van der Waals surface area contributed by atoms with E-state index in [1.807, 2.05) is 0 Å². The highest BCUT2D eigenvalue weighted by Gasteiger charge is 2.28. The second-order valence-electron chi connectivity index (χ2n) is 6.23. The predicted molar refractivity (Wildman–Crippen MR) is 102 cm³/mol. The molecule has 3 rings (SSSR count). The topological polar surface area (TPSA) is 115 Å². The van der Waals surface area contributed by atoms with Gasteiger partial charge in [0.1, 0.15) is 5.82 Å². The first-order valence-corrected chi connectivity index (χ1v) is 10.1. The Morgan fingerprint density at radius 3 is 1.86 bits per heavy atom. The van der Waals surface area contributed by atoms with Gasteiger partial charge in [-0.05, 0) is 29.8 Å². The summed E-state index contributed by atoms with van der Waals surface area (Å²) in [4.78, 5) is 20.7. The number of sulfonamides is 1. The smallest absolute Gasteiger partial charge is 0.414 e. The standard InChI is InChI=1S/C17H19FN2O2S.C2H2O4/c18-16-8-6-15(7-9-16)14-19-10-12-20(13-11-19)23(21,22)17-4-2-1-3-5-17;3-1(4)2(5)6/h1-9H,10-14H2;(H,3,4)(H,5,6). The van der Waals surface area contributed by atoms with Crippen molar-refractivity contribution in [1.29, 1.82) is 0 Å². The summed E-state index contributed by atoms with van der Waals surface area (Å²) in [5, 5.41) is 14.8. The van der Waals surface area contributed by atoms with E-state index >= 15 is 0 Å². The van der Waals surface area contributed by atoms with Crippen LogP contribution >= 0.6 is 0 Å². The maximum Gasteiger partial charge on any atom is 0.414 e. The number of carboxylic acids is 2. The van der Waals surface area contributed by atoms with E-state index in [1.54, 1.807) is 42.5 Å². The van der Waals surface area contributed by atoms with Crippen molar-refractivity contribution in [3.63, 3.8) is 0 Å². The van der Waals surface area contributed by atoms with Crippen molar-refractivity contribution in [3.05, 3.63) is 66.0 Å². The third-order valence-corrected chi connectivity index (χ3v) is 6.13. The molecule has 10 heteroatoms. The Kier molecular flexibility index (Phi) is 7.82. The van der Waals surface area contributed by atoms with Crippen LogP contribution in [0.2, 0.25) is 0 Å². The second-order valence-corrected chi connectivity index (χ2v) is 8.17. The molecule has 1 aliphatic heterocycles. The number of benzene rings is 2. The van der Waals surface area contributed by atoms with Crippen LogP contribution in [0.25, 0.3) is 0 Å². The Morgan fingerprint density at radius 1 is 0.862 bits per heavy atom. The minimum Gasteiger partial charge on any atom is -0.473 e. The molecule has 156 valence electrons. The Labute approximate surface area is 167 Å². The fraction of sp³-hybridized carbons (Fsp3) is 0.263. The summed E-state index contributed by atoms with van der Waals surface area (Å²) in [7, 11) is -3.41. The molecule has 1 saturated heterocycles. The first-order valence-electron chi connectivity index (χ1n) is 8.68. The lowest BCUT2D eigenvalue weighted by Gasteiger charge is -2.34. The van der Waals surface area contributed by atoms with Crippen LogP contribution in [-0.4, -0.2) is 66.0 Å². The van der Waals surface area contributed by atoms with Crippen molar-refractivity contribution in [2.24, 2.45) is 0 Å². The van der Waals surface area contributed by atoms with Gasteiger partial charge in [-0.2, -0.15) is 4.31 Å². The number of rotatable bonds is 4. The normalized spacial score (nSPS) is 15.2. The van der Waals surface area contributed by atoms with Gasteiger partial charge in [0.15, 0.2) is 0 Å². The number of carboxylic acid groups (broad SMARTS) is 2. The number of hydrogen-bond acceptors (Lipinski definition) is 5. The Morgan fingerprint density at radius 2 is 1.38 bits per heavy atom. The Balaban J connectivity index is 0.000000438. The molecular weight excluding hydrogens is 403 g/mol. The number of piperazine rings is 1. The van der Waals surface area contributed by atoms with E-state index in [2.05, 4.69) is 4.90 Å². The van der Waals surface area contributed by atoms with Gasteiger partial charge in [-0.1, -0.05) is 30.3 Å². The third-order valence-electron chi connectivity index (χ3n) is 4.21. The van der Waals surface area contributed by atoms with Crippen LogP contribution in [0.1, 0.15) is 5.56 Å². The number of carbonyl (C=O) groups is 2. The van der Waals surface area contributed by atoms with E-state index in [1.165, 1.54) is 16.4 Å². The van der Waals surface area contributed by atoms with Crippen molar-refractivity contribution in [1.82, 2.24) is 9.21 Å². The van der Waals surface area contributed by atoms with Gasteiger partial charge in [0, 0.05) is 32.7 Å². The highest BCUT2D eigenvalue weighted by Crippen LogP contribution is 2.18. The second kappa shape index (κ2) is 10.1. The summed E-state index contributed by atoms with van der Waals surface area (Å²) >= 11 is 0. The molecule has 0 unspecified atom stereocenters. The van der Waals surface area contributed by atoms with Crippen molar-refractivity contribution >= 4 is 22.0 Å². The van der Waals surface area contributed by atoms with Crippen LogP contribution in [-0.2, 0) is 26.2 Å². The first-order chi connectivity index (χ1) is 13.7. The van der Waals surface area contributed by atoms with Crippen LogP contribution in [0.4, 0.5) is 4.39 Å². The predicted octanol–water partition coefficient (Wildman–Crippen LogP) is 1.49. The highest BCUT2D eigenvalue weighted by molar-refractivity contribution is 7.89. The lowest BCUT2D eigenvalue weighted by Crippen LogP contribution is -2.48. The molecule has 0 spiro atoms. The molecule has 8 nitrogen and oxygen atoms in total. The number of aliphatic carboxylic acids is 2. The van der Waals surface area contributed by atoms with Crippen molar-refractivity contribution in [3.8, 4) is 0 Å². The lowest BCUT2D eigenvalue weighted by molar-refractivity contribution is -0.159. The van der Waals surface area contributed by atoms with E-state index in [9.17, 15) is 12.8 Å². The van der Waals surface area contributed by atoms with E-state index in [0.29, 0.717) is 37.6 Å². The van der Waals surface area contributed by atoms with Crippen LogP contribution in [0.15, 0.2) is 59.5 Å². The van der Waals surface area contributed by atoms with E-state index in [-0.39, 0.29) is 5.82 Å². The zero-order valence-corrected chi connectivity index (χ0v) is 16.3. The zero-order valence-electron chi connectivity index (χ0n) is 15.4. The van der Waals surface area contributed by atoms with Gasteiger partial charge in [0.25, 0.3) is 0 Å². The lowest BCUT2D eigenvalue weighted by atomic mass is 10.2. The average molecular weight is 424 g/mol. The molecule has 0 amide bonds. The summed E-state index contributed by atoms with van der Waals surface area (Å²) in [6.07, 6.45) is 0. The van der Waals surface area contributed by atoms with Crippen LogP contribution in [0, 0.1) is 5.82 Å². The van der Waals surface area contributed by atoms with Gasteiger partial charge in [-0.3, -0.25) is 4.90 Å². The largest absolute Gasteiger partial charge is 0.473 e. The van der Waals surface area contributed by atoms with Crippen LogP contribution in [0.3, 0.4) is 0 Å². The first kappa shape index (κ1) is 22.5. The number of nitrogens with zero attached hydrogens (tertiary/aromatic N) is 2. The Bertz CT molecular complexity index is 915. The molecule has 29 heavy (non-hydrogen) atoms. The maximum atomic E-state index is 12.9. The molecular formula is C19H21FN2O6S. The minimum absolute atomic E-state index is 0.243. The summed E-state index contributed by atoms with van der Waals surface area (Å²) in [6, 6.07) is 15.0. The molecule has 0 aromatic heterocycles. The molecule has 2 aromatic carbocycles. The van der Waals surface area contributed by atoms with E-state index in [4.69, 9.17) is 19.8 Å². The molecule has 0 atom stereocenters. The quantitative estimate of drug-likeness (QED) is 0.715. The van der Waals surface area contributed by atoms with Crippen molar-refractivity contribution in [2.75, 3.05) is 26.2 Å². The molecule has 1 aliphatic rings. The van der Waals surface area contributed by atoms with Crippen molar-refractivity contribution < 1.29 is 32.6 Å². The van der Waals surface area contributed by atoms with Crippen molar-refractivity contribution in [2.45, 2.75) is 11.4 Å². The summed E-state index contributed by atoms with van der Waals surface area (Å²) in [5.41, 5.74) is 1.03. The minimum atomic E-state index is -3.41. The SMILES string of the molecule is O=C(O)C(=O)O.O=S(=O)(c1ccccc1)N1CCN(Cc2ccc(F)cc2)CC1. The van der Waals surface area contributed by atoms with Crippen LogP contribution in [0.5, 0.6) is 0 Å². The fourth-order valence-electron chi connectivity index (χ4n) is 2.72. The van der Waals surface area contributed by atoms with Gasteiger partial charge in [-0.15, -0.1) is 0 Å². The molecule has 2 aromatic rings.